The summed E-state index contributed by atoms with van der Waals surface area (Å²) >= 11 is 0. The highest BCUT2D eigenvalue weighted by molar-refractivity contribution is 5.84. The van der Waals surface area contributed by atoms with Crippen LogP contribution in [0.15, 0.2) is 60.8 Å². The molecule has 1 aromatic heterocycles. The molecule has 0 saturated carbocycles. The number of aromatic nitrogens is 1. The van der Waals surface area contributed by atoms with Crippen LogP contribution in [0, 0.1) is 11.3 Å². The van der Waals surface area contributed by atoms with E-state index in [1.54, 1.807) is 6.07 Å². The van der Waals surface area contributed by atoms with E-state index < -0.39 is 23.5 Å². The van der Waals surface area contributed by atoms with Crippen molar-refractivity contribution in [1.82, 2.24) is 4.98 Å². The summed E-state index contributed by atoms with van der Waals surface area (Å²) in [6.07, 6.45) is -8.44. The lowest BCUT2D eigenvalue weighted by Crippen LogP contribution is -2.10. The predicted molar refractivity (Wildman–Crippen MR) is 89.8 cm³/mol. The Morgan fingerprint density at radius 2 is 1.21 bits per heavy atom. The van der Waals surface area contributed by atoms with E-state index >= 15 is 0 Å². The molecule has 0 bridgehead atoms. The minimum atomic E-state index is -4.74. The van der Waals surface area contributed by atoms with E-state index in [1.807, 2.05) is 0 Å². The van der Waals surface area contributed by atoms with Crippen LogP contribution in [0.25, 0.3) is 22.4 Å². The quantitative estimate of drug-likeness (QED) is 0.478. The number of rotatable bonds is 2. The summed E-state index contributed by atoms with van der Waals surface area (Å²) in [7, 11) is 0. The fourth-order valence-corrected chi connectivity index (χ4v) is 2.85. The third-order valence-electron chi connectivity index (χ3n) is 4.03. The molecule has 0 radical (unpaired) electrons. The first-order valence-corrected chi connectivity index (χ1v) is 7.86. The highest BCUT2D eigenvalue weighted by Gasteiger charge is 2.36. The fourth-order valence-electron chi connectivity index (χ4n) is 2.85. The molecule has 3 aromatic rings. The molecule has 142 valence electrons. The van der Waals surface area contributed by atoms with Gasteiger partial charge < -0.3 is 0 Å². The van der Waals surface area contributed by atoms with Crippen molar-refractivity contribution in [2.45, 2.75) is 12.4 Å². The molecule has 3 rings (SSSR count). The molecule has 0 saturated heterocycles. The van der Waals surface area contributed by atoms with Crippen molar-refractivity contribution < 1.29 is 26.3 Å². The van der Waals surface area contributed by atoms with Gasteiger partial charge in [-0.2, -0.15) is 31.6 Å². The highest BCUT2D eigenvalue weighted by Crippen LogP contribution is 2.43. The Hall–Kier alpha value is -3.34. The maximum Gasteiger partial charge on any atom is 0.417 e. The monoisotopic (exact) mass is 392 g/mol. The van der Waals surface area contributed by atoms with Gasteiger partial charge in [0, 0.05) is 17.3 Å². The lowest BCUT2D eigenvalue weighted by atomic mass is 9.92. The second kappa shape index (κ2) is 7.00. The second-order valence-corrected chi connectivity index (χ2v) is 5.82. The van der Waals surface area contributed by atoms with Crippen LogP contribution in [0.4, 0.5) is 26.3 Å². The lowest BCUT2D eigenvalue weighted by molar-refractivity contribution is -0.138. The Kier molecular flexibility index (Phi) is 4.86. The average molecular weight is 392 g/mol. The van der Waals surface area contributed by atoms with Crippen molar-refractivity contribution in [1.29, 1.82) is 5.26 Å². The molecule has 0 atom stereocenters. The Morgan fingerprint density at radius 3 is 1.75 bits per heavy atom. The van der Waals surface area contributed by atoms with Crippen LogP contribution >= 0.6 is 0 Å². The molecule has 0 fully saturated rings. The number of alkyl halides is 6. The number of nitriles is 1. The van der Waals surface area contributed by atoms with Gasteiger partial charge in [0.2, 0.25) is 0 Å². The van der Waals surface area contributed by atoms with Crippen LogP contribution in [-0.4, -0.2) is 4.98 Å². The normalized spacial score (nSPS) is 11.9. The fraction of sp³-hybridized carbons (Fsp3) is 0.100. The van der Waals surface area contributed by atoms with E-state index in [0.717, 1.165) is 36.5 Å². The van der Waals surface area contributed by atoms with Gasteiger partial charge in [0.25, 0.3) is 0 Å². The lowest BCUT2D eigenvalue weighted by Gasteiger charge is -2.18. The van der Waals surface area contributed by atoms with E-state index in [0.29, 0.717) is 0 Å². The molecule has 0 aliphatic rings. The molecule has 0 amide bonds. The maximum absolute atomic E-state index is 13.5. The molecular weight excluding hydrogens is 382 g/mol. The van der Waals surface area contributed by atoms with Gasteiger partial charge in [-0.05, 0) is 23.8 Å². The largest absolute Gasteiger partial charge is 0.417 e. The number of hydrogen-bond donors (Lipinski definition) is 0. The molecule has 2 nitrogen and oxygen atoms in total. The van der Waals surface area contributed by atoms with Gasteiger partial charge in [0.05, 0.1) is 22.4 Å². The molecule has 1 heterocycles. The minimum Gasteiger partial charge on any atom is -0.254 e. The SMILES string of the molecule is N#Cc1cnc(-c2ccccc2C(F)(F)F)c(-c2ccccc2C(F)(F)F)c1. The van der Waals surface area contributed by atoms with Crippen molar-refractivity contribution >= 4 is 0 Å². The predicted octanol–water partition coefficient (Wildman–Crippen LogP) is 6.32. The Balaban J connectivity index is 2.37. The zero-order valence-electron chi connectivity index (χ0n) is 13.9. The zero-order chi connectivity index (χ0) is 20.5. The topological polar surface area (TPSA) is 36.7 Å². The summed E-state index contributed by atoms with van der Waals surface area (Å²) in [4.78, 5) is 3.90. The first-order valence-electron chi connectivity index (χ1n) is 7.86. The first kappa shape index (κ1) is 19.4. The number of nitrogens with zero attached hydrogens (tertiary/aromatic N) is 2. The number of pyridine rings is 1. The van der Waals surface area contributed by atoms with Crippen molar-refractivity contribution in [2.75, 3.05) is 0 Å². The van der Waals surface area contributed by atoms with Gasteiger partial charge in [-0.1, -0.05) is 36.4 Å². The van der Waals surface area contributed by atoms with Crippen molar-refractivity contribution in [3.05, 3.63) is 77.5 Å². The molecule has 0 aliphatic heterocycles. The summed E-state index contributed by atoms with van der Waals surface area (Å²) in [5, 5.41) is 9.09. The second-order valence-electron chi connectivity index (χ2n) is 5.82. The first-order chi connectivity index (χ1) is 13.1. The van der Waals surface area contributed by atoms with Gasteiger partial charge in [-0.3, -0.25) is 4.98 Å². The van der Waals surface area contributed by atoms with Gasteiger partial charge in [-0.15, -0.1) is 0 Å². The minimum absolute atomic E-state index is 0.0692. The van der Waals surface area contributed by atoms with E-state index in [-0.39, 0.29) is 27.9 Å². The number of halogens is 6. The molecule has 8 heteroatoms. The molecule has 0 N–H and O–H groups in total. The van der Waals surface area contributed by atoms with Crippen molar-refractivity contribution in [3.63, 3.8) is 0 Å². The highest BCUT2D eigenvalue weighted by atomic mass is 19.4. The third-order valence-corrected chi connectivity index (χ3v) is 4.03. The Labute approximate surface area is 155 Å². The Bertz CT molecular complexity index is 1060. The summed E-state index contributed by atoms with van der Waals surface area (Å²) in [5.41, 5.74) is -3.35. The van der Waals surface area contributed by atoms with Crippen LogP contribution in [-0.2, 0) is 12.4 Å². The van der Waals surface area contributed by atoms with E-state index in [9.17, 15) is 26.3 Å². The van der Waals surface area contributed by atoms with Gasteiger partial charge in [-0.25, -0.2) is 0 Å². The summed E-state index contributed by atoms with van der Waals surface area (Å²) in [6, 6.07) is 11.8. The smallest absolute Gasteiger partial charge is 0.254 e. The van der Waals surface area contributed by atoms with Crippen molar-refractivity contribution in [2.24, 2.45) is 0 Å². The van der Waals surface area contributed by atoms with Crippen LogP contribution in [0.2, 0.25) is 0 Å². The number of hydrogen-bond acceptors (Lipinski definition) is 2. The molecule has 0 unspecified atom stereocenters. The zero-order valence-corrected chi connectivity index (χ0v) is 13.9. The number of benzene rings is 2. The van der Waals surface area contributed by atoms with E-state index in [2.05, 4.69) is 4.98 Å². The molecule has 0 spiro atoms. The molecular formula is C20H10F6N2. The Morgan fingerprint density at radius 1 is 0.714 bits per heavy atom. The summed E-state index contributed by atoms with van der Waals surface area (Å²) in [6.45, 7) is 0. The van der Waals surface area contributed by atoms with Crippen LogP contribution in [0.5, 0.6) is 0 Å². The van der Waals surface area contributed by atoms with Crippen molar-refractivity contribution in [3.8, 4) is 28.5 Å². The van der Waals surface area contributed by atoms with E-state index in [1.165, 1.54) is 24.3 Å². The summed E-state index contributed by atoms with van der Waals surface area (Å²) < 4.78 is 80.6. The van der Waals surface area contributed by atoms with Crippen LogP contribution in [0.3, 0.4) is 0 Å². The standard InChI is InChI=1S/C20H10F6N2/c21-19(22,23)16-7-3-1-5-13(16)15-9-12(10-27)11-28-18(15)14-6-2-4-8-17(14)20(24,25)26/h1-9,11H. The van der Waals surface area contributed by atoms with Gasteiger partial charge >= 0.3 is 12.4 Å². The van der Waals surface area contributed by atoms with Gasteiger partial charge in [0.1, 0.15) is 6.07 Å². The summed E-state index contributed by atoms with van der Waals surface area (Å²) in [5.74, 6) is 0. The van der Waals surface area contributed by atoms with E-state index in [4.69, 9.17) is 5.26 Å². The van der Waals surface area contributed by atoms with Gasteiger partial charge in [0.15, 0.2) is 0 Å². The molecule has 0 aliphatic carbocycles. The van der Waals surface area contributed by atoms with Crippen LogP contribution < -0.4 is 0 Å². The maximum atomic E-state index is 13.5. The third kappa shape index (κ3) is 3.69. The van der Waals surface area contributed by atoms with Crippen LogP contribution in [0.1, 0.15) is 16.7 Å². The molecule has 2 aromatic carbocycles. The molecule has 28 heavy (non-hydrogen) atoms. The average Bonchev–Trinajstić information content (AvgIpc) is 2.66.